The first kappa shape index (κ1) is 15.5. The lowest BCUT2D eigenvalue weighted by Gasteiger charge is -2.43. The predicted molar refractivity (Wildman–Crippen MR) is 75.4 cm³/mol. The number of carbonyl (C=O) groups is 1. The predicted octanol–water partition coefficient (Wildman–Crippen LogP) is 4.57. The van der Waals surface area contributed by atoms with Crippen LogP contribution in [0.2, 0.25) is 0 Å². The molecule has 2 nitrogen and oxygen atoms in total. The van der Waals surface area contributed by atoms with Gasteiger partial charge in [-0.1, -0.05) is 47.0 Å². The summed E-state index contributed by atoms with van der Waals surface area (Å²) in [6.45, 7) is 9.97. The summed E-state index contributed by atoms with van der Waals surface area (Å²) in [5.41, 5.74) is 0.454. The number of ether oxygens (including phenoxy) is 1. The highest BCUT2D eigenvalue weighted by molar-refractivity contribution is 5.37. The summed E-state index contributed by atoms with van der Waals surface area (Å²) in [4.78, 5) is 10.5. The second-order valence-corrected chi connectivity index (χ2v) is 6.68. The summed E-state index contributed by atoms with van der Waals surface area (Å²) in [7, 11) is 0. The Morgan fingerprint density at radius 2 is 2.11 bits per heavy atom. The molecular weight excluding hydrogens is 224 g/mol. The molecule has 0 N–H and O–H groups in total. The third-order valence-electron chi connectivity index (χ3n) is 4.83. The van der Waals surface area contributed by atoms with Gasteiger partial charge in [0.05, 0.1) is 0 Å². The van der Waals surface area contributed by atoms with E-state index in [2.05, 4.69) is 27.7 Å². The molecule has 18 heavy (non-hydrogen) atoms. The Labute approximate surface area is 112 Å². The van der Waals surface area contributed by atoms with Crippen LogP contribution >= 0.6 is 0 Å². The molecule has 0 aromatic carbocycles. The second kappa shape index (κ2) is 7.16. The third kappa shape index (κ3) is 4.29. The van der Waals surface area contributed by atoms with Gasteiger partial charge in [0.1, 0.15) is 6.10 Å². The molecule has 1 fully saturated rings. The van der Waals surface area contributed by atoms with Crippen LogP contribution in [0.5, 0.6) is 0 Å². The first-order valence-corrected chi connectivity index (χ1v) is 7.60. The van der Waals surface area contributed by atoms with Crippen molar-refractivity contribution in [1.82, 2.24) is 0 Å². The average molecular weight is 254 g/mol. The smallest absolute Gasteiger partial charge is 0.293 e. The van der Waals surface area contributed by atoms with E-state index >= 15 is 0 Å². The largest absolute Gasteiger partial charge is 0.465 e. The fourth-order valence-electron chi connectivity index (χ4n) is 3.76. The standard InChI is InChI=1S/C16H30O2/c1-5-7-14(18-12-17)9-10-15-13(2)8-6-11-16(15,3)4/h12-15H,5-11H2,1-4H3. The van der Waals surface area contributed by atoms with Crippen molar-refractivity contribution in [3.63, 3.8) is 0 Å². The Morgan fingerprint density at radius 1 is 1.39 bits per heavy atom. The maximum absolute atomic E-state index is 10.5. The zero-order chi connectivity index (χ0) is 13.6. The lowest BCUT2D eigenvalue weighted by molar-refractivity contribution is -0.134. The highest BCUT2D eigenvalue weighted by Gasteiger charge is 2.36. The highest BCUT2D eigenvalue weighted by Crippen LogP contribution is 2.46. The Balaban J connectivity index is 2.50. The molecule has 106 valence electrons. The van der Waals surface area contributed by atoms with E-state index in [-0.39, 0.29) is 6.10 Å². The van der Waals surface area contributed by atoms with Crippen LogP contribution in [0.4, 0.5) is 0 Å². The minimum Gasteiger partial charge on any atom is -0.465 e. The molecule has 0 spiro atoms. The van der Waals surface area contributed by atoms with E-state index in [1.165, 1.54) is 25.7 Å². The van der Waals surface area contributed by atoms with E-state index in [4.69, 9.17) is 4.74 Å². The second-order valence-electron chi connectivity index (χ2n) is 6.68. The lowest BCUT2D eigenvalue weighted by Crippen LogP contribution is -2.34. The zero-order valence-corrected chi connectivity index (χ0v) is 12.6. The van der Waals surface area contributed by atoms with E-state index in [0.29, 0.717) is 11.9 Å². The van der Waals surface area contributed by atoms with Gasteiger partial charge >= 0.3 is 0 Å². The first-order valence-electron chi connectivity index (χ1n) is 7.60. The van der Waals surface area contributed by atoms with Crippen molar-refractivity contribution in [2.75, 3.05) is 0 Å². The fourth-order valence-corrected chi connectivity index (χ4v) is 3.76. The van der Waals surface area contributed by atoms with Crippen molar-refractivity contribution in [3.8, 4) is 0 Å². The molecule has 1 aliphatic rings. The van der Waals surface area contributed by atoms with Gasteiger partial charge in [0.15, 0.2) is 0 Å². The molecular formula is C16H30O2. The van der Waals surface area contributed by atoms with E-state index in [1.54, 1.807) is 0 Å². The average Bonchev–Trinajstić information content (AvgIpc) is 2.28. The van der Waals surface area contributed by atoms with Crippen LogP contribution in [-0.4, -0.2) is 12.6 Å². The maximum Gasteiger partial charge on any atom is 0.293 e. The topological polar surface area (TPSA) is 26.3 Å². The van der Waals surface area contributed by atoms with Gasteiger partial charge in [-0.05, 0) is 42.9 Å². The molecule has 0 amide bonds. The van der Waals surface area contributed by atoms with Crippen LogP contribution in [0.1, 0.15) is 72.6 Å². The first-order chi connectivity index (χ1) is 8.51. The van der Waals surface area contributed by atoms with Gasteiger partial charge < -0.3 is 4.74 Å². The van der Waals surface area contributed by atoms with E-state index in [9.17, 15) is 4.79 Å². The van der Waals surface area contributed by atoms with Crippen molar-refractivity contribution in [1.29, 1.82) is 0 Å². The van der Waals surface area contributed by atoms with Crippen LogP contribution in [0.15, 0.2) is 0 Å². The minimum absolute atomic E-state index is 0.137. The molecule has 0 bridgehead atoms. The lowest BCUT2D eigenvalue weighted by atomic mass is 9.62. The summed E-state index contributed by atoms with van der Waals surface area (Å²) in [5, 5.41) is 0. The van der Waals surface area contributed by atoms with Gasteiger partial charge in [0, 0.05) is 0 Å². The molecule has 0 aromatic heterocycles. The zero-order valence-electron chi connectivity index (χ0n) is 12.6. The van der Waals surface area contributed by atoms with Crippen molar-refractivity contribution in [3.05, 3.63) is 0 Å². The van der Waals surface area contributed by atoms with E-state index in [0.717, 1.165) is 31.1 Å². The van der Waals surface area contributed by atoms with Crippen LogP contribution in [0, 0.1) is 17.3 Å². The molecule has 0 saturated heterocycles. The highest BCUT2D eigenvalue weighted by atomic mass is 16.5. The number of carbonyl (C=O) groups excluding carboxylic acids is 1. The summed E-state index contributed by atoms with van der Waals surface area (Å²) in [6, 6.07) is 0. The summed E-state index contributed by atoms with van der Waals surface area (Å²) >= 11 is 0. The minimum atomic E-state index is 0.137. The van der Waals surface area contributed by atoms with Gasteiger partial charge in [-0.2, -0.15) is 0 Å². The Kier molecular flexibility index (Phi) is 6.17. The van der Waals surface area contributed by atoms with Gasteiger partial charge in [-0.3, -0.25) is 4.79 Å². The maximum atomic E-state index is 10.5. The fraction of sp³-hybridized carbons (Fsp3) is 0.938. The molecule has 3 atom stereocenters. The molecule has 1 rings (SSSR count). The summed E-state index contributed by atoms with van der Waals surface area (Å²) in [5.74, 6) is 1.59. The van der Waals surface area contributed by atoms with E-state index in [1.807, 2.05) is 0 Å². The Hall–Kier alpha value is -0.530. The summed E-state index contributed by atoms with van der Waals surface area (Å²) < 4.78 is 5.20. The SMILES string of the molecule is CCCC(CCC1C(C)CCCC1(C)C)OC=O. The number of hydrogen-bond acceptors (Lipinski definition) is 2. The molecule has 0 aromatic rings. The molecule has 3 unspecified atom stereocenters. The van der Waals surface area contributed by atoms with Gasteiger partial charge in [-0.25, -0.2) is 0 Å². The van der Waals surface area contributed by atoms with Crippen molar-refractivity contribution >= 4 is 6.47 Å². The van der Waals surface area contributed by atoms with Crippen molar-refractivity contribution in [2.24, 2.45) is 17.3 Å². The Bertz CT molecular complexity index is 247. The van der Waals surface area contributed by atoms with Crippen LogP contribution in [0.3, 0.4) is 0 Å². The van der Waals surface area contributed by atoms with Crippen molar-refractivity contribution < 1.29 is 9.53 Å². The summed E-state index contributed by atoms with van der Waals surface area (Å²) in [6.07, 6.45) is 8.53. The van der Waals surface area contributed by atoms with Gasteiger partial charge in [0.25, 0.3) is 6.47 Å². The normalized spacial score (nSPS) is 28.7. The monoisotopic (exact) mass is 254 g/mol. The molecule has 1 saturated carbocycles. The molecule has 0 heterocycles. The number of hydrogen-bond donors (Lipinski definition) is 0. The molecule has 2 heteroatoms. The van der Waals surface area contributed by atoms with Gasteiger partial charge in [-0.15, -0.1) is 0 Å². The van der Waals surface area contributed by atoms with Crippen LogP contribution in [0.25, 0.3) is 0 Å². The van der Waals surface area contributed by atoms with Gasteiger partial charge in [0.2, 0.25) is 0 Å². The quantitative estimate of drug-likeness (QED) is 0.622. The van der Waals surface area contributed by atoms with Crippen LogP contribution < -0.4 is 0 Å². The number of rotatable bonds is 7. The molecule has 1 aliphatic carbocycles. The molecule has 0 aliphatic heterocycles. The third-order valence-corrected chi connectivity index (χ3v) is 4.83. The van der Waals surface area contributed by atoms with Crippen LogP contribution in [-0.2, 0) is 9.53 Å². The van der Waals surface area contributed by atoms with Crippen molar-refractivity contribution in [2.45, 2.75) is 78.7 Å². The Morgan fingerprint density at radius 3 is 2.67 bits per heavy atom. The van der Waals surface area contributed by atoms with E-state index < -0.39 is 0 Å². The molecule has 0 radical (unpaired) electrons.